The lowest BCUT2D eigenvalue weighted by atomic mass is 10.1. The molecule has 3 N–H and O–H groups in total. The van der Waals surface area contributed by atoms with Crippen LogP contribution in [0.15, 0.2) is 18.2 Å². The Morgan fingerprint density at radius 1 is 1.50 bits per heavy atom. The summed E-state index contributed by atoms with van der Waals surface area (Å²) in [6, 6.07) is 4.88. The fourth-order valence-corrected chi connectivity index (χ4v) is 2.06. The Balaban J connectivity index is 2.60. The molecule has 1 aromatic carbocycles. The van der Waals surface area contributed by atoms with E-state index in [9.17, 15) is 9.50 Å². The van der Waals surface area contributed by atoms with Crippen LogP contribution in [0.1, 0.15) is 17.4 Å². The molecule has 2 aromatic rings. The van der Waals surface area contributed by atoms with Crippen molar-refractivity contribution >= 4 is 10.9 Å². The first-order chi connectivity index (χ1) is 7.65. The molecule has 0 aliphatic rings. The van der Waals surface area contributed by atoms with Gasteiger partial charge in [-0.3, -0.25) is 0 Å². The quantitative estimate of drug-likeness (QED) is 0.742. The predicted octanol–water partition coefficient (Wildman–Crippen LogP) is 1.87. The minimum atomic E-state index is -0.624. The lowest BCUT2D eigenvalue weighted by Crippen LogP contribution is -2.17. The summed E-state index contributed by atoms with van der Waals surface area (Å²) in [4.78, 5) is 2.97. The summed E-state index contributed by atoms with van der Waals surface area (Å²) in [5.41, 5.74) is 2.04. The number of aromatic amines is 1. The van der Waals surface area contributed by atoms with E-state index in [1.807, 2.05) is 13.0 Å². The van der Waals surface area contributed by atoms with Crippen LogP contribution in [-0.2, 0) is 0 Å². The first kappa shape index (κ1) is 11.1. The Labute approximate surface area is 93.3 Å². The Bertz CT molecular complexity index is 507. The molecule has 0 fully saturated rings. The summed E-state index contributed by atoms with van der Waals surface area (Å²) in [6.45, 7) is 2.29. The molecule has 86 valence electrons. The van der Waals surface area contributed by atoms with Crippen molar-refractivity contribution in [1.82, 2.24) is 10.3 Å². The van der Waals surface area contributed by atoms with Crippen LogP contribution in [-0.4, -0.2) is 23.7 Å². The molecular formula is C12H15FN2O. The van der Waals surface area contributed by atoms with Crippen molar-refractivity contribution < 1.29 is 9.50 Å². The lowest BCUT2D eigenvalue weighted by molar-refractivity contribution is 0.178. The lowest BCUT2D eigenvalue weighted by Gasteiger charge is -2.10. The summed E-state index contributed by atoms with van der Waals surface area (Å²) < 4.78 is 13.5. The number of hydrogen-bond acceptors (Lipinski definition) is 2. The van der Waals surface area contributed by atoms with Crippen LogP contribution in [0.2, 0.25) is 0 Å². The normalized spacial score (nSPS) is 13.2. The third-order valence-corrected chi connectivity index (χ3v) is 2.75. The van der Waals surface area contributed by atoms with Crippen LogP contribution in [0.4, 0.5) is 4.39 Å². The zero-order valence-electron chi connectivity index (χ0n) is 9.34. The maximum Gasteiger partial charge on any atom is 0.147 e. The molecule has 0 bridgehead atoms. The second-order valence-electron chi connectivity index (χ2n) is 3.90. The number of aryl methyl sites for hydroxylation is 1. The molecule has 0 spiro atoms. The average Bonchev–Trinajstić information content (AvgIpc) is 2.56. The smallest absolute Gasteiger partial charge is 0.147 e. The van der Waals surface area contributed by atoms with Crippen molar-refractivity contribution in [2.24, 2.45) is 0 Å². The fourth-order valence-electron chi connectivity index (χ4n) is 2.06. The third kappa shape index (κ3) is 1.70. The first-order valence-electron chi connectivity index (χ1n) is 5.24. The summed E-state index contributed by atoms with van der Waals surface area (Å²) in [5.74, 6) is -0.288. The monoisotopic (exact) mass is 222 g/mol. The maximum atomic E-state index is 13.5. The van der Waals surface area contributed by atoms with E-state index in [1.165, 1.54) is 6.07 Å². The SMILES string of the molecule is CNCC(O)c1c(C)[nH]c2c(F)cccc12. The van der Waals surface area contributed by atoms with Gasteiger partial charge in [-0.05, 0) is 20.0 Å². The van der Waals surface area contributed by atoms with Crippen LogP contribution >= 0.6 is 0 Å². The topological polar surface area (TPSA) is 48.0 Å². The molecule has 0 amide bonds. The highest BCUT2D eigenvalue weighted by molar-refractivity contribution is 5.85. The zero-order valence-corrected chi connectivity index (χ0v) is 9.34. The van der Waals surface area contributed by atoms with Crippen molar-refractivity contribution in [2.45, 2.75) is 13.0 Å². The number of aromatic nitrogens is 1. The van der Waals surface area contributed by atoms with E-state index in [4.69, 9.17) is 0 Å². The van der Waals surface area contributed by atoms with Gasteiger partial charge in [0.1, 0.15) is 5.82 Å². The zero-order chi connectivity index (χ0) is 11.7. The number of halogens is 1. The Kier molecular flexibility index (Phi) is 2.94. The molecule has 0 aliphatic heterocycles. The number of para-hydroxylation sites is 1. The van der Waals surface area contributed by atoms with Gasteiger partial charge >= 0.3 is 0 Å². The van der Waals surface area contributed by atoms with E-state index in [1.54, 1.807) is 13.1 Å². The molecule has 1 aromatic heterocycles. The van der Waals surface area contributed by atoms with Gasteiger partial charge in [0.05, 0.1) is 11.6 Å². The van der Waals surface area contributed by atoms with Crippen LogP contribution in [0.3, 0.4) is 0 Å². The second-order valence-corrected chi connectivity index (χ2v) is 3.90. The number of nitrogens with one attached hydrogen (secondary N) is 2. The largest absolute Gasteiger partial charge is 0.387 e. The summed E-state index contributed by atoms with van der Waals surface area (Å²) >= 11 is 0. The summed E-state index contributed by atoms with van der Waals surface area (Å²) in [5, 5.41) is 13.6. The number of H-pyrrole nitrogens is 1. The molecule has 1 heterocycles. The van der Waals surface area contributed by atoms with Crippen LogP contribution in [0, 0.1) is 12.7 Å². The van der Waals surface area contributed by atoms with E-state index in [2.05, 4.69) is 10.3 Å². The Hall–Kier alpha value is -1.39. The van der Waals surface area contributed by atoms with Crippen LogP contribution in [0.25, 0.3) is 10.9 Å². The molecule has 3 nitrogen and oxygen atoms in total. The third-order valence-electron chi connectivity index (χ3n) is 2.75. The molecule has 1 unspecified atom stereocenters. The predicted molar refractivity (Wildman–Crippen MR) is 61.9 cm³/mol. The van der Waals surface area contributed by atoms with Gasteiger partial charge < -0.3 is 15.4 Å². The highest BCUT2D eigenvalue weighted by atomic mass is 19.1. The average molecular weight is 222 g/mol. The van der Waals surface area contributed by atoms with E-state index in [0.717, 1.165) is 16.6 Å². The molecule has 2 rings (SSSR count). The van der Waals surface area contributed by atoms with Gasteiger partial charge in [0.25, 0.3) is 0 Å². The number of aliphatic hydroxyl groups excluding tert-OH is 1. The Morgan fingerprint density at radius 2 is 2.25 bits per heavy atom. The second kappa shape index (κ2) is 4.23. The molecule has 0 aliphatic carbocycles. The maximum absolute atomic E-state index is 13.5. The summed E-state index contributed by atoms with van der Waals surface area (Å²) in [7, 11) is 1.77. The molecular weight excluding hydrogens is 207 g/mol. The number of fused-ring (bicyclic) bond motifs is 1. The molecule has 16 heavy (non-hydrogen) atoms. The van der Waals surface area contributed by atoms with Crippen molar-refractivity contribution in [3.8, 4) is 0 Å². The number of hydrogen-bond donors (Lipinski definition) is 3. The van der Waals surface area contributed by atoms with Crippen molar-refractivity contribution in [3.63, 3.8) is 0 Å². The first-order valence-corrected chi connectivity index (χ1v) is 5.24. The highest BCUT2D eigenvalue weighted by Gasteiger charge is 2.17. The molecule has 0 radical (unpaired) electrons. The molecule has 1 atom stereocenters. The van der Waals surface area contributed by atoms with Crippen molar-refractivity contribution in [3.05, 3.63) is 35.3 Å². The van der Waals surface area contributed by atoms with E-state index in [0.29, 0.717) is 12.1 Å². The van der Waals surface area contributed by atoms with Gasteiger partial charge in [0, 0.05) is 23.2 Å². The minimum absolute atomic E-state index is 0.288. The highest BCUT2D eigenvalue weighted by Crippen LogP contribution is 2.28. The van der Waals surface area contributed by atoms with Gasteiger partial charge in [-0.2, -0.15) is 0 Å². The van der Waals surface area contributed by atoms with Gasteiger partial charge in [-0.25, -0.2) is 4.39 Å². The number of likely N-dealkylation sites (N-methyl/N-ethyl adjacent to an activating group) is 1. The van der Waals surface area contributed by atoms with E-state index >= 15 is 0 Å². The van der Waals surface area contributed by atoms with Crippen molar-refractivity contribution in [2.75, 3.05) is 13.6 Å². The summed E-state index contributed by atoms with van der Waals surface area (Å²) in [6.07, 6.45) is -0.624. The van der Waals surface area contributed by atoms with Gasteiger partial charge in [0.2, 0.25) is 0 Å². The number of aliphatic hydroxyl groups is 1. The van der Waals surface area contributed by atoms with Gasteiger partial charge in [0.15, 0.2) is 0 Å². The Morgan fingerprint density at radius 3 is 2.94 bits per heavy atom. The fraction of sp³-hybridized carbons (Fsp3) is 0.333. The van der Waals surface area contributed by atoms with Crippen LogP contribution < -0.4 is 5.32 Å². The van der Waals surface area contributed by atoms with E-state index in [-0.39, 0.29) is 5.82 Å². The standard InChI is InChI=1S/C12H15FN2O/c1-7-11(10(16)6-14-2)8-4-3-5-9(13)12(8)15-7/h3-5,10,14-16H,6H2,1-2H3. The van der Waals surface area contributed by atoms with Crippen molar-refractivity contribution in [1.29, 1.82) is 0 Å². The van der Waals surface area contributed by atoms with Gasteiger partial charge in [-0.15, -0.1) is 0 Å². The van der Waals surface area contributed by atoms with Gasteiger partial charge in [-0.1, -0.05) is 12.1 Å². The molecule has 0 saturated carbocycles. The number of rotatable bonds is 3. The number of benzene rings is 1. The molecule has 4 heteroatoms. The van der Waals surface area contributed by atoms with Crippen LogP contribution in [0.5, 0.6) is 0 Å². The minimum Gasteiger partial charge on any atom is -0.387 e. The molecule has 0 saturated heterocycles. The van der Waals surface area contributed by atoms with E-state index < -0.39 is 6.10 Å².